The van der Waals surface area contributed by atoms with Crippen LogP contribution in [0.4, 0.5) is 11.5 Å². The topological polar surface area (TPSA) is 89.5 Å². The molecule has 2 aromatic heterocycles. The van der Waals surface area contributed by atoms with Gasteiger partial charge in [0.25, 0.3) is 5.91 Å². The molecular weight excluding hydrogens is 438 g/mol. The molecule has 1 aromatic carbocycles. The monoisotopic (exact) mass is 469 g/mol. The Hall–Kier alpha value is -3.78. The molecule has 8 heteroatoms. The molecule has 180 valence electrons. The van der Waals surface area contributed by atoms with Crippen molar-refractivity contribution in [1.29, 1.82) is 0 Å². The highest BCUT2D eigenvalue weighted by atomic mass is 16.1. The quantitative estimate of drug-likeness (QED) is 0.374. The van der Waals surface area contributed by atoms with Gasteiger partial charge in [0.05, 0.1) is 17.4 Å². The molecule has 2 aliphatic rings. The molecule has 8 nitrogen and oxygen atoms in total. The third-order valence-corrected chi connectivity index (χ3v) is 6.68. The number of rotatable bonds is 8. The van der Waals surface area contributed by atoms with Crippen LogP contribution >= 0.6 is 0 Å². The maximum Gasteiger partial charge on any atom is 0.276 e. The number of carbonyl (C=O) groups excluding carboxylic acids is 1. The molecule has 0 unspecified atom stereocenters. The molecule has 3 aromatic rings. The Bertz CT molecular complexity index is 1280. The molecule has 5 rings (SSSR count). The predicted molar refractivity (Wildman–Crippen MR) is 142 cm³/mol. The van der Waals surface area contributed by atoms with Crippen molar-refractivity contribution in [1.82, 2.24) is 20.1 Å². The van der Waals surface area contributed by atoms with E-state index in [0.717, 1.165) is 66.2 Å². The van der Waals surface area contributed by atoms with E-state index in [1.165, 1.54) is 19.3 Å². The number of carbonyl (C=O) groups is 1. The molecule has 1 amide bonds. The summed E-state index contributed by atoms with van der Waals surface area (Å²) >= 11 is 0. The zero-order valence-electron chi connectivity index (χ0n) is 20.1. The molecule has 2 fully saturated rings. The maximum absolute atomic E-state index is 13.0. The number of hydrogen-bond acceptors (Lipinski definition) is 6. The van der Waals surface area contributed by atoms with Gasteiger partial charge in [-0.05, 0) is 87.0 Å². The number of hydrogen-bond donors (Lipinski definition) is 2. The van der Waals surface area contributed by atoms with Crippen LogP contribution in [0.1, 0.15) is 42.2 Å². The molecule has 0 aliphatic carbocycles. The van der Waals surface area contributed by atoms with Gasteiger partial charge in [-0.3, -0.25) is 19.8 Å². The van der Waals surface area contributed by atoms with Crippen molar-refractivity contribution in [3.8, 4) is 0 Å². The van der Waals surface area contributed by atoms with Crippen LogP contribution in [-0.4, -0.2) is 65.4 Å². The second-order valence-electron chi connectivity index (χ2n) is 9.23. The highest BCUT2D eigenvalue weighted by Gasteiger charge is 2.18. The minimum atomic E-state index is -0.265. The van der Waals surface area contributed by atoms with Crippen LogP contribution in [0.15, 0.2) is 59.4 Å². The van der Waals surface area contributed by atoms with Crippen molar-refractivity contribution in [2.75, 3.05) is 42.9 Å². The minimum Gasteiger partial charge on any atom is -0.356 e. The number of aliphatic imine (C=N–C) groups is 1. The molecular formula is C27H31N7O. The van der Waals surface area contributed by atoms with E-state index in [1.54, 1.807) is 6.20 Å². The van der Waals surface area contributed by atoms with Crippen LogP contribution in [0.25, 0.3) is 16.5 Å². The van der Waals surface area contributed by atoms with E-state index < -0.39 is 0 Å². The fraction of sp³-hybridized carbons (Fsp3) is 0.333. The molecule has 0 atom stereocenters. The lowest BCUT2D eigenvalue weighted by atomic mass is 10.0. The first kappa shape index (κ1) is 23.0. The van der Waals surface area contributed by atoms with E-state index in [0.29, 0.717) is 11.4 Å². The first-order chi connectivity index (χ1) is 17.1. The lowest BCUT2D eigenvalue weighted by Gasteiger charge is -2.31. The summed E-state index contributed by atoms with van der Waals surface area (Å²) in [5, 5.41) is 11.0. The smallest absolute Gasteiger partial charge is 0.276 e. The largest absolute Gasteiger partial charge is 0.356 e. The van der Waals surface area contributed by atoms with Crippen LogP contribution in [0, 0.1) is 0 Å². The Morgan fingerprint density at radius 3 is 2.69 bits per heavy atom. The summed E-state index contributed by atoms with van der Waals surface area (Å²) in [6.07, 6.45) is 9.37. The number of amides is 1. The van der Waals surface area contributed by atoms with Gasteiger partial charge in [-0.25, -0.2) is 4.98 Å². The van der Waals surface area contributed by atoms with Crippen molar-refractivity contribution in [2.24, 2.45) is 4.99 Å². The molecule has 2 saturated heterocycles. The van der Waals surface area contributed by atoms with Crippen LogP contribution in [0.2, 0.25) is 0 Å². The summed E-state index contributed by atoms with van der Waals surface area (Å²) in [5.41, 5.74) is 5.08. The number of pyridine rings is 1. The minimum absolute atomic E-state index is 0.265. The van der Waals surface area contributed by atoms with Crippen LogP contribution in [0.3, 0.4) is 0 Å². The number of aromatic amines is 1. The van der Waals surface area contributed by atoms with Gasteiger partial charge >= 0.3 is 0 Å². The van der Waals surface area contributed by atoms with Crippen molar-refractivity contribution in [2.45, 2.75) is 26.2 Å². The van der Waals surface area contributed by atoms with Crippen molar-refractivity contribution in [3.63, 3.8) is 0 Å². The molecule has 4 heterocycles. The second-order valence-corrected chi connectivity index (χ2v) is 9.23. The van der Waals surface area contributed by atoms with E-state index >= 15 is 0 Å². The number of nitrogens with zero attached hydrogens (tertiary/aromatic N) is 5. The molecule has 35 heavy (non-hydrogen) atoms. The number of allylic oxidation sites excluding steroid dienone is 1. The number of likely N-dealkylation sites (tertiary alicyclic amines) is 1. The van der Waals surface area contributed by atoms with Gasteiger partial charge in [0, 0.05) is 31.2 Å². The van der Waals surface area contributed by atoms with Gasteiger partial charge in [0.15, 0.2) is 5.69 Å². The Morgan fingerprint density at radius 1 is 1.17 bits per heavy atom. The Balaban J connectivity index is 1.34. The summed E-state index contributed by atoms with van der Waals surface area (Å²) in [6.45, 7) is 10.9. The lowest BCUT2D eigenvalue weighted by Crippen LogP contribution is -2.37. The molecule has 0 saturated carbocycles. The average Bonchev–Trinajstić information content (AvgIpc) is 3.48. The number of H-pyrrole nitrogens is 1. The van der Waals surface area contributed by atoms with E-state index in [1.807, 2.05) is 36.5 Å². The fourth-order valence-electron chi connectivity index (χ4n) is 4.62. The molecule has 0 radical (unpaired) electrons. The average molecular weight is 470 g/mol. The Labute approximate surface area is 205 Å². The SMILES string of the molecule is C=N/C=C(\C=C(/C)c1ccc2[nH]nc(C(=O)Nc3ccc(N4CCC4)nc3)c2c1)CN1CCCC1. The van der Waals surface area contributed by atoms with Gasteiger partial charge < -0.3 is 10.2 Å². The lowest BCUT2D eigenvalue weighted by molar-refractivity contribution is 0.102. The Morgan fingerprint density at radius 2 is 2.00 bits per heavy atom. The number of aromatic nitrogens is 3. The van der Waals surface area contributed by atoms with Crippen LogP contribution < -0.4 is 10.2 Å². The van der Waals surface area contributed by atoms with E-state index in [2.05, 4.69) is 55.0 Å². The number of anilines is 2. The first-order valence-electron chi connectivity index (χ1n) is 12.2. The van der Waals surface area contributed by atoms with E-state index in [9.17, 15) is 4.79 Å². The van der Waals surface area contributed by atoms with Gasteiger partial charge in [-0.15, -0.1) is 0 Å². The third-order valence-electron chi connectivity index (χ3n) is 6.68. The fourth-order valence-corrected chi connectivity index (χ4v) is 4.62. The Kier molecular flexibility index (Phi) is 6.72. The standard InChI is InChI=1S/C27H31N7O/c1-19(14-20(16-28-2)18-33-10-3-4-11-33)21-6-8-24-23(15-21)26(32-31-24)27(35)30-22-7-9-25(29-17-22)34-12-5-13-34/h6-9,14-17H,2-5,10-13,18H2,1H3,(H,30,35)(H,31,32)/b19-14+,20-16+. The molecule has 0 bridgehead atoms. The predicted octanol–water partition coefficient (Wildman–Crippen LogP) is 4.50. The van der Waals surface area contributed by atoms with Crippen molar-refractivity contribution < 1.29 is 4.79 Å². The highest BCUT2D eigenvalue weighted by Crippen LogP contribution is 2.25. The normalized spacial score (nSPS) is 17.0. The third kappa shape index (κ3) is 5.17. The first-order valence-corrected chi connectivity index (χ1v) is 12.2. The zero-order chi connectivity index (χ0) is 24.2. The van der Waals surface area contributed by atoms with Crippen LogP contribution in [0.5, 0.6) is 0 Å². The summed E-state index contributed by atoms with van der Waals surface area (Å²) in [4.78, 5) is 26.2. The summed E-state index contributed by atoms with van der Waals surface area (Å²) in [6, 6.07) is 9.84. The summed E-state index contributed by atoms with van der Waals surface area (Å²) in [5.74, 6) is 0.676. The van der Waals surface area contributed by atoms with Crippen LogP contribution in [-0.2, 0) is 0 Å². The summed E-state index contributed by atoms with van der Waals surface area (Å²) in [7, 11) is 0. The zero-order valence-corrected chi connectivity index (χ0v) is 20.1. The maximum atomic E-state index is 13.0. The molecule has 0 spiro atoms. The highest BCUT2D eigenvalue weighted by molar-refractivity contribution is 6.11. The van der Waals surface area contributed by atoms with E-state index in [4.69, 9.17) is 0 Å². The van der Waals surface area contributed by atoms with Gasteiger partial charge in [0.2, 0.25) is 0 Å². The molecule has 2 aliphatic heterocycles. The van der Waals surface area contributed by atoms with Gasteiger partial charge in [0.1, 0.15) is 5.82 Å². The van der Waals surface area contributed by atoms with E-state index in [-0.39, 0.29) is 5.91 Å². The second kappa shape index (κ2) is 10.2. The number of nitrogens with one attached hydrogen (secondary N) is 2. The summed E-state index contributed by atoms with van der Waals surface area (Å²) < 4.78 is 0. The molecule has 2 N–H and O–H groups in total. The number of benzene rings is 1. The van der Waals surface area contributed by atoms with Crippen molar-refractivity contribution in [3.05, 3.63) is 65.6 Å². The number of fused-ring (bicyclic) bond motifs is 1. The van der Waals surface area contributed by atoms with Gasteiger partial charge in [-0.2, -0.15) is 5.10 Å². The van der Waals surface area contributed by atoms with Crippen molar-refractivity contribution >= 4 is 40.6 Å². The van der Waals surface area contributed by atoms with Gasteiger partial charge in [-0.1, -0.05) is 12.1 Å².